The molecule has 1 saturated heterocycles. The zero-order valence-corrected chi connectivity index (χ0v) is 17.0. The van der Waals surface area contributed by atoms with E-state index in [4.69, 9.17) is 27.6 Å². The second-order valence-electron chi connectivity index (χ2n) is 6.83. The molecule has 1 aromatic heterocycles. The van der Waals surface area contributed by atoms with Crippen LogP contribution >= 0.6 is 23.2 Å². The summed E-state index contributed by atoms with van der Waals surface area (Å²) in [7, 11) is 0. The number of piperazine rings is 1. The van der Waals surface area contributed by atoms with Crippen molar-refractivity contribution in [2.24, 2.45) is 0 Å². The number of aryl methyl sites for hydroxylation is 1. The molecule has 1 amide bonds. The molecule has 4 rings (SSSR count). The van der Waals surface area contributed by atoms with Crippen molar-refractivity contribution >= 4 is 34.8 Å². The Bertz CT molecular complexity index is 1010. The maximum atomic E-state index is 12.9. The summed E-state index contributed by atoms with van der Waals surface area (Å²) in [6.45, 7) is 5.01. The van der Waals surface area contributed by atoms with Crippen LogP contribution in [0, 0.1) is 6.92 Å². The van der Waals surface area contributed by atoms with Gasteiger partial charge in [-0.05, 0) is 42.8 Å². The Morgan fingerprint density at radius 1 is 0.929 bits per heavy atom. The molecule has 1 fully saturated rings. The van der Waals surface area contributed by atoms with E-state index >= 15 is 0 Å². The fourth-order valence-electron chi connectivity index (χ4n) is 3.52. The molecule has 0 aliphatic carbocycles. The number of carbonyl (C=O) groups excluding carboxylic acids is 1. The lowest BCUT2D eigenvalue weighted by molar-refractivity contribution is 0.0715. The van der Waals surface area contributed by atoms with E-state index in [-0.39, 0.29) is 5.91 Å². The van der Waals surface area contributed by atoms with Crippen molar-refractivity contribution in [1.29, 1.82) is 0 Å². The van der Waals surface area contributed by atoms with Gasteiger partial charge in [0.05, 0.1) is 10.0 Å². The third-order valence-corrected chi connectivity index (χ3v) is 5.88. The molecule has 2 aromatic carbocycles. The molecule has 0 spiro atoms. The number of para-hydroxylation sites is 1. The highest BCUT2D eigenvalue weighted by atomic mass is 35.5. The minimum atomic E-state index is -0.103. The SMILES string of the molecule is Cc1ccccc1N1CCN(C(=O)c2ccc(-c3cccc(Cl)c3Cl)o2)CC1. The van der Waals surface area contributed by atoms with Crippen LogP contribution in [0.1, 0.15) is 16.1 Å². The lowest BCUT2D eigenvalue weighted by Crippen LogP contribution is -2.48. The molecule has 0 N–H and O–H groups in total. The number of amides is 1. The molecular formula is C22H20Cl2N2O2. The molecule has 1 aliphatic rings. The summed E-state index contributed by atoms with van der Waals surface area (Å²) in [6.07, 6.45) is 0. The normalized spacial score (nSPS) is 14.4. The standard InChI is InChI=1S/C22H20Cl2N2O2/c1-15-5-2-3-8-18(15)25-11-13-26(14-12-25)22(27)20-10-9-19(28-20)16-6-4-7-17(23)21(16)24/h2-10H,11-14H2,1H3. The van der Waals surface area contributed by atoms with E-state index in [0.29, 0.717) is 40.2 Å². The van der Waals surface area contributed by atoms with Gasteiger partial charge in [0.25, 0.3) is 5.91 Å². The van der Waals surface area contributed by atoms with Gasteiger partial charge in [0, 0.05) is 37.4 Å². The van der Waals surface area contributed by atoms with Gasteiger partial charge in [0.15, 0.2) is 5.76 Å². The Morgan fingerprint density at radius 3 is 2.43 bits per heavy atom. The van der Waals surface area contributed by atoms with Crippen molar-refractivity contribution in [3.8, 4) is 11.3 Å². The number of hydrogen-bond donors (Lipinski definition) is 0. The van der Waals surface area contributed by atoms with Crippen molar-refractivity contribution in [3.63, 3.8) is 0 Å². The zero-order valence-electron chi connectivity index (χ0n) is 15.5. The number of rotatable bonds is 3. The number of benzene rings is 2. The summed E-state index contributed by atoms with van der Waals surface area (Å²) in [5, 5.41) is 0.875. The van der Waals surface area contributed by atoms with E-state index in [1.54, 1.807) is 24.3 Å². The summed E-state index contributed by atoms with van der Waals surface area (Å²) < 4.78 is 5.80. The second kappa shape index (κ2) is 7.90. The number of halogens is 2. The quantitative estimate of drug-likeness (QED) is 0.565. The van der Waals surface area contributed by atoms with Gasteiger partial charge in [-0.2, -0.15) is 0 Å². The van der Waals surface area contributed by atoms with E-state index in [2.05, 4.69) is 24.0 Å². The van der Waals surface area contributed by atoms with Gasteiger partial charge in [-0.3, -0.25) is 4.79 Å². The molecule has 4 nitrogen and oxygen atoms in total. The monoisotopic (exact) mass is 414 g/mol. The van der Waals surface area contributed by atoms with Gasteiger partial charge < -0.3 is 14.2 Å². The highest BCUT2D eigenvalue weighted by molar-refractivity contribution is 6.43. The number of hydrogen-bond acceptors (Lipinski definition) is 3. The van der Waals surface area contributed by atoms with Crippen LogP contribution in [0.4, 0.5) is 5.69 Å². The van der Waals surface area contributed by atoms with Crippen LogP contribution in [-0.4, -0.2) is 37.0 Å². The van der Waals surface area contributed by atoms with Crippen LogP contribution < -0.4 is 4.90 Å². The molecule has 0 unspecified atom stereocenters. The third kappa shape index (κ3) is 3.62. The van der Waals surface area contributed by atoms with Crippen LogP contribution in [0.2, 0.25) is 10.0 Å². The van der Waals surface area contributed by atoms with Crippen LogP contribution in [0.3, 0.4) is 0 Å². The van der Waals surface area contributed by atoms with Crippen LogP contribution in [0.5, 0.6) is 0 Å². The Hall–Kier alpha value is -2.43. The van der Waals surface area contributed by atoms with Crippen LogP contribution in [0.15, 0.2) is 59.0 Å². The summed E-state index contributed by atoms with van der Waals surface area (Å²) in [6, 6.07) is 17.1. The van der Waals surface area contributed by atoms with Crippen molar-refractivity contribution in [1.82, 2.24) is 4.90 Å². The topological polar surface area (TPSA) is 36.7 Å². The van der Waals surface area contributed by atoms with E-state index in [0.717, 1.165) is 13.1 Å². The summed E-state index contributed by atoms with van der Waals surface area (Å²) >= 11 is 12.3. The first-order chi connectivity index (χ1) is 13.5. The average molecular weight is 415 g/mol. The molecule has 0 saturated carbocycles. The largest absolute Gasteiger partial charge is 0.451 e. The van der Waals surface area contributed by atoms with Crippen molar-refractivity contribution in [2.45, 2.75) is 6.92 Å². The maximum Gasteiger partial charge on any atom is 0.289 e. The molecule has 0 bridgehead atoms. The molecular weight excluding hydrogens is 395 g/mol. The lowest BCUT2D eigenvalue weighted by Gasteiger charge is -2.36. The van der Waals surface area contributed by atoms with E-state index < -0.39 is 0 Å². The van der Waals surface area contributed by atoms with Gasteiger partial charge in [-0.1, -0.05) is 47.5 Å². The van der Waals surface area contributed by atoms with E-state index in [9.17, 15) is 4.79 Å². The van der Waals surface area contributed by atoms with Crippen molar-refractivity contribution in [3.05, 3.63) is 76.0 Å². The lowest BCUT2D eigenvalue weighted by atomic mass is 10.1. The Labute approximate surface area is 174 Å². The maximum absolute atomic E-state index is 12.9. The Morgan fingerprint density at radius 2 is 1.68 bits per heavy atom. The average Bonchev–Trinajstić information content (AvgIpc) is 3.20. The van der Waals surface area contributed by atoms with Gasteiger partial charge in [0.2, 0.25) is 0 Å². The summed E-state index contributed by atoms with van der Waals surface area (Å²) in [5.74, 6) is 0.749. The summed E-state index contributed by atoms with van der Waals surface area (Å²) in [4.78, 5) is 17.0. The Kier molecular flexibility index (Phi) is 5.33. The molecule has 3 aromatic rings. The zero-order chi connectivity index (χ0) is 19.7. The minimum Gasteiger partial charge on any atom is -0.451 e. The number of nitrogens with zero attached hydrogens (tertiary/aromatic N) is 2. The van der Waals surface area contributed by atoms with Crippen molar-refractivity contribution in [2.75, 3.05) is 31.1 Å². The smallest absolute Gasteiger partial charge is 0.289 e. The van der Waals surface area contributed by atoms with Crippen molar-refractivity contribution < 1.29 is 9.21 Å². The molecule has 6 heteroatoms. The first-order valence-electron chi connectivity index (χ1n) is 9.18. The van der Waals surface area contributed by atoms with Gasteiger partial charge in [-0.25, -0.2) is 0 Å². The van der Waals surface area contributed by atoms with Gasteiger partial charge in [0.1, 0.15) is 5.76 Å². The first kappa shape index (κ1) is 18.9. The van der Waals surface area contributed by atoms with Crippen LogP contribution in [-0.2, 0) is 0 Å². The van der Waals surface area contributed by atoms with E-state index in [1.165, 1.54) is 11.3 Å². The fraction of sp³-hybridized carbons (Fsp3) is 0.227. The highest BCUT2D eigenvalue weighted by Crippen LogP contribution is 2.34. The Balaban J connectivity index is 1.46. The molecule has 0 atom stereocenters. The summed E-state index contributed by atoms with van der Waals surface area (Å²) in [5.41, 5.74) is 3.15. The number of carbonyl (C=O) groups is 1. The van der Waals surface area contributed by atoms with Gasteiger partial charge >= 0.3 is 0 Å². The molecule has 1 aliphatic heterocycles. The number of furan rings is 1. The van der Waals surface area contributed by atoms with Gasteiger partial charge in [-0.15, -0.1) is 0 Å². The fourth-order valence-corrected chi connectivity index (χ4v) is 3.91. The third-order valence-electron chi connectivity index (χ3n) is 5.06. The van der Waals surface area contributed by atoms with E-state index in [1.807, 2.05) is 23.1 Å². The van der Waals surface area contributed by atoms with Crippen LogP contribution in [0.25, 0.3) is 11.3 Å². The predicted molar refractivity (Wildman–Crippen MR) is 113 cm³/mol. The second-order valence-corrected chi connectivity index (χ2v) is 7.62. The molecule has 28 heavy (non-hydrogen) atoms. The minimum absolute atomic E-state index is 0.103. The predicted octanol–water partition coefficient (Wildman–Crippen LogP) is 5.52. The first-order valence-corrected chi connectivity index (χ1v) is 9.94. The molecule has 2 heterocycles. The highest BCUT2D eigenvalue weighted by Gasteiger charge is 2.25. The molecule has 144 valence electrons. The number of anilines is 1. The molecule has 0 radical (unpaired) electrons.